The average molecular weight is 438 g/mol. The van der Waals surface area contributed by atoms with Crippen LogP contribution >= 0.6 is 11.3 Å². The second-order valence-corrected chi connectivity index (χ2v) is 10.2. The van der Waals surface area contributed by atoms with E-state index in [0.29, 0.717) is 11.7 Å². The van der Waals surface area contributed by atoms with Gasteiger partial charge in [-0.15, -0.1) is 11.3 Å². The predicted octanol–water partition coefficient (Wildman–Crippen LogP) is 6.55. The minimum atomic E-state index is 0.0769. The minimum Gasteiger partial charge on any atom is -0.493 e. The van der Waals surface area contributed by atoms with Crippen LogP contribution in [-0.2, 0) is 16.0 Å². The van der Waals surface area contributed by atoms with Crippen LogP contribution in [0.2, 0.25) is 0 Å². The van der Waals surface area contributed by atoms with Crippen LogP contribution < -0.4 is 0 Å². The van der Waals surface area contributed by atoms with Crippen molar-refractivity contribution in [1.82, 2.24) is 4.57 Å². The van der Waals surface area contributed by atoms with Crippen LogP contribution in [0, 0.1) is 11.8 Å². The Kier molecular flexibility index (Phi) is 5.55. The Hall–Kier alpha value is -2.27. The van der Waals surface area contributed by atoms with Gasteiger partial charge in [0.1, 0.15) is 0 Å². The van der Waals surface area contributed by atoms with E-state index in [0.717, 1.165) is 43.0 Å². The SMILES string of the molecule is COC1=CC2CCn3c(C(=O)C4CCCC4)cc(-c4cccs4)c3C2C=C1OC(C)C. The first-order valence-corrected chi connectivity index (χ1v) is 12.4. The molecule has 2 unspecified atom stereocenters. The molecule has 0 spiro atoms. The standard InChI is InChI=1S/C26H31NO3S/c1-16(2)30-23-15-19-18(13-22(23)29-3)10-11-27-21(26(28)17-7-4-5-8-17)14-20(25(19)27)24-9-6-12-31-24/h6,9,12-19H,4-5,7-8,10-11H2,1-3H3. The molecule has 1 fully saturated rings. The van der Waals surface area contributed by atoms with E-state index in [4.69, 9.17) is 9.47 Å². The van der Waals surface area contributed by atoms with Crippen molar-refractivity contribution in [2.24, 2.45) is 11.8 Å². The number of carbonyl (C=O) groups excluding carboxylic acids is 1. The van der Waals surface area contributed by atoms with Gasteiger partial charge in [0.2, 0.25) is 0 Å². The summed E-state index contributed by atoms with van der Waals surface area (Å²) in [6.07, 6.45) is 9.96. The van der Waals surface area contributed by atoms with E-state index in [-0.39, 0.29) is 17.9 Å². The second kappa shape index (κ2) is 8.34. The zero-order chi connectivity index (χ0) is 21.5. The first kappa shape index (κ1) is 20.6. The largest absolute Gasteiger partial charge is 0.493 e. The summed E-state index contributed by atoms with van der Waals surface area (Å²) in [5.41, 5.74) is 3.38. The fourth-order valence-corrected chi connectivity index (χ4v) is 6.24. The quantitative estimate of drug-likeness (QED) is 0.481. The molecule has 0 bridgehead atoms. The number of hydrogen-bond acceptors (Lipinski definition) is 4. The Bertz CT molecular complexity index is 1020. The van der Waals surface area contributed by atoms with Gasteiger partial charge in [-0.05, 0) is 68.7 Å². The molecule has 1 aliphatic heterocycles. The molecule has 0 N–H and O–H groups in total. The summed E-state index contributed by atoms with van der Waals surface area (Å²) < 4.78 is 14.1. The van der Waals surface area contributed by atoms with Gasteiger partial charge in [-0.25, -0.2) is 0 Å². The van der Waals surface area contributed by atoms with E-state index in [1.807, 2.05) is 13.8 Å². The number of thiophene rings is 1. The second-order valence-electron chi connectivity index (χ2n) is 9.21. The molecule has 5 heteroatoms. The maximum atomic E-state index is 13.5. The molecule has 0 aromatic carbocycles. The minimum absolute atomic E-state index is 0.0769. The molecule has 2 atom stereocenters. The van der Waals surface area contributed by atoms with Gasteiger partial charge in [-0.3, -0.25) is 4.79 Å². The van der Waals surface area contributed by atoms with Crippen LogP contribution in [0.4, 0.5) is 0 Å². The Morgan fingerprint density at radius 1 is 1.16 bits per heavy atom. The fourth-order valence-electron chi connectivity index (χ4n) is 5.49. The van der Waals surface area contributed by atoms with Crippen molar-refractivity contribution in [3.05, 3.63) is 58.6 Å². The van der Waals surface area contributed by atoms with Gasteiger partial charge in [0.05, 0.1) is 18.9 Å². The van der Waals surface area contributed by atoms with Crippen LogP contribution in [0.15, 0.2) is 47.2 Å². The molecular formula is C26H31NO3S. The van der Waals surface area contributed by atoms with Crippen LogP contribution in [0.5, 0.6) is 0 Å². The summed E-state index contributed by atoms with van der Waals surface area (Å²) in [4.78, 5) is 14.7. The van der Waals surface area contributed by atoms with Crippen molar-refractivity contribution in [2.75, 3.05) is 7.11 Å². The Labute approximate surface area is 188 Å². The molecule has 164 valence electrons. The van der Waals surface area contributed by atoms with Crippen molar-refractivity contribution in [2.45, 2.75) is 64.5 Å². The topological polar surface area (TPSA) is 40.5 Å². The smallest absolute Gasteiger partial charge is 0.182 e. The molecule has 2 aromatic rings. The summed E-state index contributed by atoms with van der Waals surface area (Å²) in [6, 6.07) is 6.44. The van der Waals surface area contributed by atoms with Crippen molar-refractivity contribution in [3.8, 4) is 10.4 Å². The number of fused-ring (bicyclic) bond motifs is 3. The van der Waals surface area contributed by atoms with E-state index in [1.54, 1.807) is 18.4 Å². The number of carbonyl (C=O) groups is 1. The highest BCUT2D eigenvalue weighted by Crippen LogP contribution is 2.47. The van der Waals surface area contributed by atoms with E-state index >= 15 is 0 Å². The first-order chi connectivity index (χ1) is 15.1. The third kappa shape index (κ3) is 3.67. The van der Waals surface area contributed by atoms with E-state index in [9.17, 15) is 4.79 Å². The number of hydrogen-bond donors (Lipinski definition) is 0. The summed E-state index contributed by atoms with van der Waals surface area (Å²) in [6.45, 7) is 4.95. The van der Waals surface area contributed by atoms with E-state index in [1.165, 1.54) is 29.0 Å². The Balaban J connectivity index is 1.63. The Morgan fingerprint density at radius 2 is 1.97 bits per heavy atom. The molecule has 3 aliphatic rings. The molecule has 5 rings (SSSR count). The number of methoxy groups -OCH3 is 1. The molecule has 0 saturated heterocycles. The van der Waals surface area contributed by atoms with Gasteiger partial charge in [0, 0.05) is 34.5 Å². The number of ketones is 1. The number of nitrogens with zero attached hydrogens (tertiary/aromatic N) is 1. The van der Waals surface area contributed by atoms with Gasteiger partial charge in [-0.2, -0.15) is 0 Å². The predicted molar refractivity (Wildman–Crippen MR) is 124 cm³/mol. The lowest BCUT2D eigenvalue weighted by molar-refractivity contribution is 0.0911. The molecule has 0 amide bonds. The van der Waals surface area contributed by atoms with Crippen LogP contribution in [0.25, 0.3) is 10.4 Å². The lowest BCUT2D eigenvalue weighted by atomic mass is 9.79. The summed E-state index contributed by atoms with van der Waals surface area (Å²) in [5.74, 6) is 2.71. The monoisotopic (exact) mass is 437 g/mol. The van der Waals surface area contributed by atoms with Gasteiger partial charge in [0.15, 0.2) is 17.3 Å². The molecule has 4 nitrogen and oxygen atoms in total. The summed E-state index contributed by atoms with van der Waals surface area (Å²) in [7, 11) is 1.71. The Morgan fingerprint density at radius 3 is 2.65 bits per heavy atom. The fraction of sp³-hybridized carbons (Fsp3) is 0.500. The molecule has 0 radical (unpaired) electrons. The molecule has 3 heterocycles. The van der Waals surface area contributed by atoms with Crippen LogP contribution in [0.1, 0.15) is 68.1 Å². The molecule has 31 heavy (non-hydrogen) atoms. The van der Waals surface area contributed by atoms with E-state index < -0.39 is 0 Å². The highest BCUT2D eigenvalue weighted by Gasteiger charge is 2.38. The first-order valence-electron chi connectivity index (χ1n) is 11.5. The normalized spacial score (nSPS) is 23.2. The highest BCUT2D eigenvalue weighted by atomic mass is 32.1. The summed E-state index contributed by atoms with van der Waals surface area (Å²) >= 11 is 1.75. The molecule has 1 saturated carbocycles. The van der Waals surface area contributed by atoms with Crippen molar-refractivity contribution >= 4 is 17.1 Å². The third-order valence-corrected chi connectivity index (χ3v) is 7.79. The van der Waals surface area contributed by atoms with Gasteiger partial charge < -0.3 is 14.0 Å². The van der Waals surface area contributed by atoms with Crippen molar-refractivity contribution in [1.29, 1.82) is 0 Å². The molecular weight excluding hydrogens is 406 g/mol. The van der Waals surface area contributed by atoms with Gasteiger partial charge in [0.25, 0.3) is 0 Å². The molecule has 2 aromatic heterocycles. The maximum Gasteiger partial charge on any atom is 0.182 e. The van der Waals surface area contributed by atoms with Crippen molar-refractivity contribution < 1.29 is 14.3 Å². The van der Waals surface area contributed by atoms with E-state index in [2.05, 4.69) is 40.3 Å². The summed E-state index contributed by atoms with van der Waals surface area (Å²) in [5, 5.41) is 2.12. The highest BCUT2D eigenvalue weighted by molar-refractivity contribution is 7.13. The number of Topliss-reactive ketones (excluding diaryl/α,β-unsaturated/α-hetero) is 1. The number of aromatic nitrogens is 1. The van der Waals surface area contributed by atoms with Gasteiger partial charge >= 0.3 is 0 Å². The lowest BCUT2D eigenvalue weighted by Crippen LogP contribution is -2.28. The van der Waals surface area contributed by atoms with Gasteiger partial charge in [-0.1, -0.05) is 18.9 Å². The zero-order valence-corrected chi connectivity index (χ0v) is 19.4. The number of allylic oxidation sites excluding steroid dienone is 2. The van der Waals surface area contributed by atoms with Crippen LogP contribution in [0.3, 0.4) is 0 Å². The average Bonchev–Trinajstić information content (AvgIpc) is 3.52. The van der Waals surface area contributed by atoms with Crippen LogP contribution in [-0.4, -0.2) is 23.6 Å². The van der Waals surface area contributed by atoms with Crippen molar-refractivity contribution in [3.63, 3.8) is 0 Å². The lowest BCUT2D eigenvalue weighted by Gasteiger charge is -2.35. The zero-order valence-electron chi connectivity index (χ0n) is 18.6. The maximum absolute atomic E-state index is 13.5. The molecule has 2 aliphatic carbocycles. The third-order valence-electron chi connectivity index (χ3n) is 6.89. The number of ether oxygens (including phenoxy) is 2. The number of rotatable bonds is 6.